The number of carboxylic acid groups (broad SMARTS) is 1. The van der Waals surface area contributed by atoms with Crippen LogP contribution in [0.25, 0.3) is 0 Å². The van der Waals surface area contributed by atoms with Gasteiger partial charge in [0.15, 0.2) is 0 Å². The predicted molar refractivity (Wildman–Crippen MR) is 64.7 cm³/mol. The Morgan fingerprint density at radius 2 is 2.00 bits per heavy atom. The SMILES string of the molecule is N#CC(C#N)=CNc1cc(C(=O)O)c(O)c([N+](=O)[O-])c1. The highest BCUT2D eigenvalue weighted by Gasteiger charge is 2.22. The second-order valence-electron chi connectivity index (χ2n) is 3.38. The smallest absolute Gasteiger partial charge is 0.339 e. The minimum absolute atomic E-state index is 0.0603. The summed E-state index contributed by atoms with van der Waals surface area (Å²) < 4.78 is 0. The molecule has 0 bridgehead atoms. The summed E-state index contributed by atoms with van der Waals surface area (Å²) in [5.41, 5.74) is -1.85. The van der Waals surface area contributed by atoms with Crippen molar-refractivity contribution < 1.29 is 19.9 Å². The number of carbonyl (C=O) groups is 1. The van der Waals surface area contributed by atoms with Crippen LogP contribution in [0.5, 0.6) is 5.75 Å². The number of hydrogen-bond donors (Lipinski definition) is 3. The van der Waals surface area contributed by atoms with Gasteiger partial charge in [-0.05, 0) is 6.07 Å². The number of nitro groups is 1. The fraction of sp³-hybridized carbons (Fsp3) is 0. The first-order valence-corrected chi connectivity index (χ1v) is 4.92. The van der Waals surface area contributed by atoms with Gasteiger partial charge in [0.2, 0.25) is 5.75 Å². The fourth-order valence-electron chi connectivity index (χ4n) is 1.25. The van der Waals surface area contributed by atoms with Gasteiger partial charge in [-0.3, -0.25) is 10.1 Å². The van der Waals surface area contributed by atoms with Crippen LogP contribution in [-0.2, 0) is 0 Å². The number of allylic oxidation sites excluding steroid dienone is 1. The van der Waals surface area contributed by atoms with Crippen LogP contribution in [-0.4, -0.2) is 21.1 Å². The summed E-state index contributed by atoms with van der Waals surface area (Å²) in [6, 6.07) is 4.91. The van der Waals surface area contributed by atoms with Gasteiger partial charge in [-0.25, -0.2) is 4.79 Å². The standard InChI is InChI=1S/C11H6N4O5/c12-3-6(4-13)5-14-7-1-8(11(17)18)10(16)9(2-7)15(19)20/h1-2,5,14,16H,(H,17,18). The van der Waals surface area contributed by atoms with Crippen molar-refractivity contribution in [2.75, 3.05) is 5.32 Å². The molecular formula is C11H6N4O5. The molecule has 9 heteroatoms. The summed E-state index contributed by atoms with van der Waals surface area (Å²) in [5, 5.41) is 48.4. The first-order valence-electron chi connectivity index (χ1n) is 4.92. The highest BCUT2D eigenvalue weighted by molar-refractivity contribution is 5.94. The summed E-state index contributed by atoms with van der Waals surface area (Å²) in [4.78, 5) is 20.6. The molecule has 100 valence electrons. The molecule has 9 nitrogen and oxygen atoms in total. The highest BCUT2D eigenvalue weighted by atomic mass is 16.6. The van der Waals surface area contributed by atoms with E-state index >= 15 is 0 Å². The number of nitrogens with one attached hydrogen (secondary N) is 1. The number of nitriles is 2. The van der Waals surface area contributed by atoms with Gasteiger partial charge in [0, 0.05) is 18.0 Å². The van der Waals surface area contributed by atoms with Crippen molar-refractivity contribution in [3.05, 3.63) is 39.6 Å². The summed E-state index contributed by atoms with van der Waals surface area (Å²) >= 11 is 0. The molecule has 0 fully saturated rings. The predicted octanol–water partition coefficient (Wildman–Crippen LogP) is 1.34. The molecule has 0 aliphatic heterocycles. The Hall–Kier alpha value is -3.59. The number of nitrogens with zero attached hydrogens (tertiary/aromatic N) is 3. The summed E-state index contributed by atoms with van der Waals surface area (Å²) in [5.74, 6) is -2.53. The van der Waals surface area contributed by atoms with Gasteiger partial charge in [0.1, 0.15) is 23.3 Å². The van der Waals surface area contributed by atoms with Crippen molar-refractivity contribution in [3.63, 3.8) is 0 Å². The number of anilines is 1. The van der Waals surface area contributed by atoms with Crippen LogP contribution in [0.15, 0.2) is 23.9 Å². The second kappa shape index (κ2) is 5.84. The van der Waals surface area contributed by atoms with Gasteiger partial charge in [0.05, 0.1) is 4.92 Å². The van der Waals surface area contributed by atoms with Crippen LogP contribution >= 0.6 is 0 Å². The topological polar surface area (TPSA) is 160 Å². The molecule has 0 aromatic heterocycles. The number of rotatable bonds is 4. The van der Waals surface area contributed by atoms with Crippen molar-refractivity contribution >= 4 is 17.3 Å². The van der Waals surface area contributed by atoms with Crippen molar-refractivity contribution in [2.45, 2.75) is 0 Å². The van der Waals surface area contributed by atoms with Crippen LogP contribution in [0.2, 0.25) is 0 Å². The third-order valence-corrected chi connectivity index (χ3v) is 2.14. The Bertz CT molecular complexity index is 645. The van der Waals surface area contributed by atoms with Crippen LogP contribution in [0.4, 0.5) is 11.4 Å². The van der Waals surface area contributed by atoms with E-state index in [1.165, 1.54) is 0 Å². The Morgan fingerprint density at radius 1 is 1.40 bits per heavy atom. The maximum absolute atomic E-state index is 10.9. The van der Waals surface area contributed by atoms with E-state index in [9.17, 15) is 20.0 Å². The number of phenols is 1. The fourth-order valence-corrected chi connectivity index (χ4v) is 1.25. The lowest BCUT2D eigenvalue weighted by Crippen LogP contribution is -2.02. The number of nitro benzene ring substituents is 1. The van der Waals surface area contributed by atoms with Crippen molar-refractivity contribution in [3.8, 4) is 17.9 Å². The van der Waals surface area contributed by atoms with E-state index in [2.05, 4.69) is 5.32 Å². The van der Waals surface area contributed by atoms with E-state index in [1.54, 1.807) is 12.1 Å². The maximum Gasteiger partial charge on any atom is 0.339 e. The molecule has 3 N–H and O–H groups in total. The largest absolute Gasteiger partial charge is 0.501 e. The Kier molecular flexibility index (Phi) is 4.22. The zero-order valence-electron chi connectivity index (χ0n) is 9.69. The van der Waals surface area contributed by atoms with E-state index in [1.807, 2.05) is 0 Å². The third kappa shape index (κ3) is 3.00. The first kappa shape index (κ1) is 14.5. The Morgan fingerprint density at radius 3 is 2.45 bits per heavy atom. The highest BCUT2D eigenvalue weighted by Crippen LogP contribution is 2.33. The van der Waals surface area contributed by atoms with Crippen LogP contribution in [0, 0.1) is 32.8 Å². The number of aromatic hydroxyl groups is 1. The molecule has 0 radical (unpaired) electrons. The van der Waals surface area contributed by atoms with E-state index in [4.69, 9.17) is 15.6 Å². The lowest BCUT2D eigenvalue weighted by molar-refractivity contribution is -0.385. The second-order valence-corrected chi connectivity index (χ2v) is 3.38. The molecule has 0 heterocycles. The molecule has 0 spiro atoms. The number of carboxylic acids is 1. The van der Waals surface area contributed by atoms with E-state index < -0.39 is 27.9 Å². The minimum Gasteiger partial charge on any atom is -0.501 e. The molecule has 1 rings (SSSR count). The molecule has 1 aromatic rings. The van der Waals surface area contributed by atoms with Crippen molar-refractivity contribution in [2.24, 2.45) is 0 Å². The van der Waals surface area contributed by atoms with Gasteiger partial charge in [-0.2, -0.15) is 10.5 Å². The van der Waals surface area contributed by atoms with Crippen molar-refractivity contribution in [1.82, 2.24) is 0 Å². The van der Waals surface area contributed by atoms with Gasteiger partial charge < -0.3 is 15.5 Å². The molecule has 0 saturated heterocycles. The average Bonchev–Trinajstić information content (AvgIpc) is 2.40. The van der Waals surface area contributed by atoms with E-state index in [-0.39, 0.29) is 11.3 Å². The minimum atomic E-state index is -1.56. The maximum atomic E-state index is 10.9. The quantitative estimate of drug-likeness (QED) is 0.320. The van der Waals surface area contributed by atoms with Crippen LogP contribution < -0.4 is 5.32 Å². The normalized spacial score (nSPS) is 8.90. The molecule has 0 amide bonds. The zero-order valence-corrected chi connectivity index (χ0v) is 9.69. The molecule has 20 heavy (non-hydrogen) atoms. The van der Waals surface area contributed by atoms with Crippen LogP contribution in [0.1, 0.15) is 10.4 Å². The van der Waals surface area contributed by atoms with Gasteiger partial charge >= 0.3 is 11.7 Å². The molecule has 0 saturated carbocycles. The van der Waals surface area contributed by atoms with Gasteiger partial charge in [-0.15, -0.1) is 0 Å². The molecule has 0 aliphatic carbocycles. The summed E-state index contributed by atoms with van der Waals surface area (Å²) in [6.45, 7) is 0. The van der Waals surface area contributed by atoms with Gasteiger partial charge in [-0.1, -0.05) is 0 Å². The summed E-state index contributed by atoms with van der Waals surface area (Å²) in [7, 11) is 0. The van der Waals surface area contributed by atoms with Crippen molar-refractivity contribution in [1.29, 1.82) is 10.5 Å². The molecule has 1 aromatic carbocycles. The molecular weight excluding hydrogens is 268 g/mol. The van der Waals surface area contributed by atoms with E-state index in [0.29, 0.717) is 0 Å². The average molecular weight is 274 g/mol. The Labute approximate surface area is 111 Å². The number of aromatic carboxylic acids is 1. The van der Waals surface area contributed by atoms with E-state index in [0.717, 1.165) is 18.3 Å². The molecule has 0 unspecified atom stereocenters. The van der Waals surface area contributed by atoms with Crippen LogP contribution in [0.3, 0.4) is 0 Å². The lowest BCUT2D eigenvalue weighted by Gasteiger charge is -2.05. The molecule has 0 atom stereocenters. The molecule has 0 aliphatic rings. The Balaban J connectivity index is 3.33. The summed E-state index contributed by atoms with van der Waals surface area (Å²) in [6.07, 6.45) is 0.960. The van der Waals surface area contributed by atoms with Gasteiger partial charge in [0.25, 0.3) is 0 Å². The lowest BCUT2D eigenvalue weighted by atomic mass is 10.1. The third-order valence-electron chi connectivity index (χ3n) is 2.14. The first-order chi connectivity index (χ1) is 9.40. The number of benzene rings is 1. The zero-order chi connectivity index (χ0) is 15.3. The monoisotopic (exact) mass is 274 g/mol. The number of hydrogen-bond acceptors (Lipinski definition) is 7.